The predicted octanol–water partition coefficient (Wildman–Crippen LogP) is 5.49. The summed E-state index contributed by atoms with van der Waals surface area (Å²) in [7, 11) is 0. The van der Waals surface area contributed by atoms with Gasteiger partial charge in [0.15, 0.2) is 17.3 Å². The lowest BCUT2D eigenvalue weighted by molar-refractivity contribution is 0.491. The molecule has 0 atom stereocenters. The van der Waals surface area contributed by atoms with E-state index in [2.05, 4.69) is 10.1 Å². The van der Waals surface area contributed by atoms with Crippen LogP contribution in [0.4, 0.5) is 8.78 Å². The third kappa shape index (κ3) is 4.17. The number of benzene rings is 2. The molecular weight excluding hydrogens is 439 g/mol. The average Bonchev–Trinajstić information content (AvgIpc) is 3.10. The van der Waals surface area contributed by atoms with Crippen LogP contribution < -0.4 is 5.56 Å². The highest BCUT2D eigenvalue weighted by molar-refractivity contribution is 7.98. The fourth-order valence-corrected chi connectivity index (χ4v) is 4.13. The van der Waals surface area contributed by atoms with Crippen molar-refractivity contribution >= 4 is 40.6 Å². The Hall–Kier alpha value is -2.35. The number of hydrogen-bond donors (Lipinski definition) is 1. The van der Waals surface area contributed by atoms with Gasteiger partial charge < -0.3 is 0 Å². The van der Waals surface area contributed by atoms with Crippen molar-refractivity contribution in [3.8, 4) is 0 Å². The third-order valence-corrected chi connectivity index (χ3v) is 6.19. The summed E-state index contributed by atoms with van der Waals surface area (Å²) in [6.45, 7) is 0. The Bertz CT molecular complexity index is 1270. The van der Waals surface area contributed by atoms with Crippen LogP contribution >= 0.6 is 35.0 Å². The van der Waals surface area contributed by atoms with Crippen LogP contribution in [-0.2, 0) is 12.2 Å². The number of nitrogens with one attached hydrogen (secondary N) is 1. The molecular formula is C20H13Cl2F2N3OS. The average molecular weight is 452 g/mol. The van der Waals surface area contributed by atoms with Crippen molar-refractivity contribution in [3.63, 3.8) is 0 Å². The quantitative estimate of drug-likeness (QED) is 0.408. The maximum Gasteiger partial charge on any atom is 0.272 e. The van der Waals surface area contributed by atoms with E-state index >= 15 is 0 Å². The lowest BCUT2D eigenvalue weighted by Gasteiger charge is -2.04. The van der Waals surface area contributed by atoms with Crippen LogP contribution in [-0.4, -0.2) is 14.6 Å². The SMILES string of the molecule is O=c1cc(CSc2cccc(F)c2F)nc2cc(Cc3cccc(Cl)c3Cl)[nH]n12. The highest BCUT2D eigenvalue weighted by Crippen LogP contribution is 2.28. The highest BCUT2D eigenvalue weighted by Gasteiger charge is 2.12. The first-order valence-electron chi connectivity index (χ1n) is 8.52. The van der Waals surface area contributed by atoms with Crippen molar-refractivity contribution in [1.29, 1.82) is 0 Å². The molecule has 9 heteroatoms. The number of fused-ring (bicyclic) bond motifs is 1. The van der Waals surface area contributed by atoms with Gasteiger partial charge in [-0.2, -0.15) is 0 Å². The van der Waals surface area contributed by atoms with E-state index in [1.54, 1.807) is 18.2 Å². The van der Waals surface area contributed by atoms with Gasteiger partial charge in [0.1, 0.15) is 0 Å². The normalized spacial score (nSPS) is 11.3. The van der Waals surface area contributed by atoms with Crippen LogP contribution in [0.25, 0.3) is 5.65 Å². The molecule has 2 aromatic heterocycles. The van der Waals surface area contributed by atoms with E-state index in [0.717, 1.165) is 29.1 Å². The van der Waals surface area contributed by atoms with Gasteiger partial charge in [-0.05, 0) is 23.8 Å². The summed E-state index contributed by atoms with van der Waals surface area (Å²) in [5, 5.41) is 3.92. The topological polar surface area (TPSA) is 50.2 Å². The first kappa shape index (κ1) is 19.9. The molecule has 0 aliphatic heterocycles. The zero-order chi connectivity index (χ0) is 20.5. The molecule has 4 nitrogen and oxygen atoms in total. The van der Waals surface area contributed by atoms with E-state index in [1.165, 1.54) is 22.7 Å². The second-order valence-electron chi connectivity index (χ2n) is 6.29. The Morgan fingerprint density at radius 1 is 1.10 bits per heavy atom. The van der Waals surface area contributed by atoms with Crippen molar-refractivity contribution in [2.24, 2.45) is 0 Å². The van der Waals surface area contributed by atoms with Gasteiger partial charge in [-0.3, -0.25) is 9.89 Å². The standard InChI is InChI=1S/C20H13Cl2F2N3OS/c21-14-4-1-3-11(19(14)22)7-12-8-17-25-13(9-18(28)27(17)26-12)10-29-16-6-2-5-15(23)20(16)24/h1-6,8-9,26H,7,10H2. The largest absolute Gasteiger partial charge is 0.293 e. The van der Waals surface area contributed by atoms with Crippen molar-refractivity contribution in [1.82, 2.24) is 14.6 Å². The lowest BCUT2D eigenvalue weighted by Crippen LogP contribution is -2.15. The van der Waals surface area contributed by atoms with Crippen LogP contribution in [0.2, 0.25) is 10.0 Å². The monoisotopic (exact) mass is 451 g/mol. The molecule has 0 saturated heterocycles. The third-order valence-electron chi connectivity index (χ3n) is 4.26. The summed E-state index contributed by atoms with van der Waals surface area (Å²) in [6, 6.07) is 12.4. The molecule has 0 bridgehead atoms. The van der Waals surface area contributed by atoms with Crippen molar-refractivity contribution in [3.05, 3.63) is 97.5 Å². The van der Waals surface area contributed by atoms with Crippen molar-refractivity contribution in [2.75, 3.05) is 0 Å². The Morgan fingerprint density at radius 3 is 2.72 bits per heavy atom. The summed E-state index contributed by atoms with van der Waals surface area (Å²) in [5.41, 5.74) is 2.15. The van der Waals surface area contributed by atoms with E-state index in [9.17, 15) is 13.6 Å². The number of aromatic nitrogens is 3. The molecule has 4 rings (SSSR count). The lowest BCUT2D eigenvalue weighted by atomic mass is 10.1. The van der Waals surface area contributed by atoms with Gasteiger partial charge in [-0.1, -0.05) is 41.4 Å². The molecule has 0 aliphatic carbocycles. The second-order valence-corrected chi connectivity index (χ2v) is 8.09. The molecule has 0 unspecified atom stereocenters. The van der Waals surface area contributed by atoms with E-state index in [-0.39, 0.29) is 16.2 Å². The molecule has 0 spiro atoms. The Kier molecular flexibility index (Phi) is 5.63. The molecule has 29 heavy (non-hydrogen) atoms. The maximum absolute atomic E-state index is 13.8. The number of aromatic amines is 1. The zero-order valence-electron chi connectivity index (χ0n) is 14.8. The fourth-order valence-electron chi connectivity index (χ4n) is 2.89. The number of hydrogen-bond acceptors (Lipinski definition) is 3. The molecule has 1 N–H and O–H groups in total. The minimum atomic E-state index is -0.909. The minimum Gasteiger partial charge on any atom is -0.293 e. The first-order valence-corrected chi connectivity index (χ1v) is 10.3. The van der Waals surface area contributed by atoms with Gasteiger partial charge in [0.25, 0.3) is 5.56 Å². The molecule has 0 radical (unpaired) electrons. The number of rotatable bonds is 5. The zero-order valence-corrected chi connectivity index (χ0v) is 17.1. The second kappa shape index (κ2) is 8.18. The molecule has 148 valence electrons. The summed E-state index contributed by atoms with van der Waals surface area (Å²) in [4.78, 5) is 17.0. The molecule has 0 saturated carbocycles. The van der Waals surface area contributed by atoms with Gasteiger partial charge in [-0.25, -0.2) is 18.3 Å². The minimum absolute atomic E-state index is 0.164. The molecule has 4 aromatic rings. The summed E-state index contributed by atoms with van der Waals surface area (Å²) in [6.07, 6.45) is 0.445. The van der Waals surface area contributed by atoms with Crippen LogP contribution in [0.5, 0.6) is 0 Å². The van der Waals surface area contributed by atoms with E-state index < -0.39 is 11.6 Å². The predicted molar refractivity (Wildman–Crippen MR) is 111 cm³/mol. The van der Waals surface area contributed by atoms with Crippen molar-refractivity contribution < 1.29 is 8.78 Å². The summed E-state index contributed by atoms with van der Waals surface area (Å²) < 4.78 is 28.5. The molecule has 0 fully saturated rings. The van der Waals surface area contributed by atoms with Crippen molar-refractivity contribution in [2.45, 2.75) is 17.1 Å². The number of halogens is 4. The molecule has 2 aromatic carbocycles. The van der Waals surface area contributed by atoms with Gasteiger partial charge in [0, 0.05) is 34.9 Å². The van der Waals surface area contributed by atoms with Crippen LogP contribution in [0, 0.1) is 11.6 Å². The molecule has 2 heterocycles. The van der Waals surface area contributed by atoms with E-state index in [4.69, 9.17) is 23.2 Å². The number of nitrogens with zero attached hydrogens (tertiary/aromatic N) is 2. The Balaban J connectivity index is 1.59. The van der Waals surface area contributed by atoms with Gasteiger partial charge in [0.2, 0.25) is 0 Å². The Labute approximate surface area is 178 Å². The fraction of sp³-hybridized carbons (Fsp3) is 0.100. The smallest absolute Gasteiger partial charge is 0.272 e. The van der Waals surface area contributed by atoms with E-state index in [1.807, 2.05) is 6.07 Å². The molecule has 0 amide bonds. The van der Waals surface area contributed by atoms with Gasteiger partial charge in [-0.15, -0.1) is 11.8 Å². The maximum atomic E-state index is 13.8. The van der Waals surface area contributed by atoms with Gasteiger partial charge >= 0.3 is 0 Å². The Morgan fingerprint density at radius 2 is 1.90 bits per heavy atom. The van der Waals surface area contributed by atoms with E-state index in [0.29, 0.717) is 27.8 Å². The van der Waals surface area contributed by atoms with Crippen LogP contribution in [0.1, 0.15) is 17.0 Å². The highest BCUT2D eigenvalue weighted by atomic mass is 35.5. The van der Waals surface area contributed by atoms with Crippen LogP contribution in [0.15, 0.2) is 58.2 Å². The first-order chi connectivity index (χ1) is 13.9. The number of H-pyrrole nitrogens is 1. The summed E-state index contributed by atoms with van der Waals surface area (Å²) in [5.74, 6) is -1.58. The summed E-state index contributed by atoms with van der Waals surface area (Å²) >= 11 is 13.4. The number of thioether (sulfide) groups is 1. The van der Waals surface area contributed by atoms with Crippen LogP contribution in [0.3, 0.4) is 0 Å². The molecule has 0 aliphatic rings. The van der Waals surface area contributed by atoms with Gasteiger partial charge in [0.05, 0.1) is 15.7 Å².